The van der Waals surface area contributed by atoms with E-state index in [9.17, 15) is 28.1 Å². The summed E-state index contributed by atoms with van der Waals surface area (Å²) in [5, 5.41) is 19.3. The van der Waals surface area contributed by atoms with Gasteiger partial charge in [0.25, 0.3) is 0 Å². The zero-order chi connectivity index (χ0) is 14.1. The van der Waals surface area contributed by atoms with E-state index in [1.807, 2.05) is 0 Å². The first-order valence-corrected chi connectivity index (χ1v) is 4.26. The van der Waals surface area contributed by atoms with E-state index in [1.165, 1.54) is 0 Å². The summed E-state index contributed by atoms with van der Waals surface area (Å²) in [7, 11) is 0. The number of aromatic nitrogens is 1. The highest BCUT2D eigenvalue weighted by Crippen LogP contribution is 2.30. The molecule has 0 amide bonds. The van der Waals surface area contributed by atoms with Gasteiger partial charge in [0, 0.05) is 5.56 Å². The monoisotopic (exact) mass is 266 g/mol. The van der Waals surface area contributed by atoms with Gasteiger partial charge in [0.15, 0.2) is 0 Å². The summed E-state index contributed by atoms with van der Waals surface area (Å²) in [6, 6.07) is 0. The smallest absolute Gasteiger partial charge is 0.477 e. The number of hydrogen-bond acceptors (Lipinski definition) is 5. The Balaban J connectivity index is 3.40. The molecular formula is C8H5F3N2O5. The molecule has 0 unspecified atom stereocenters. The molecule has 0 spiro atoms. The van der Waals surface area contributed by atoms with Crippen molar-refractivity contribution in [2.45, 2.75) is 13.3 Å². The Hall–Kier alpha value is -2.39. The van der Waals surface area contributed by atoms with Gasteiger partial charge in [-0.1, -0.05) is 0 Å². The van der Waals surface area contributed by atoms with E-state index >= 15 is 0 Å². The van der Waals surface area contributed by atoms with Crippen LogP contribution in [0.15, 0.2) is 6.20 Å². The largest absolute Gasteiger partial charge is 0.574 e. The highest BCUT2D eigenvalue weighted by Gasteiger charge is 2.35. The fourth-order valence-electron chi connectivity index (χ4n) is 1.20. The summed E-state index contributed by atoms with van der Waals surface area (Å²) >= 11 is 0. The van der Waals surface area contributed by atoms with Crippen molar-refractivity contribution in [3.8, 4) is 5.88 Å². The first-order chi connectivity index (χ1) is 8.13. The summed E-state index contributed by atoms with van der Waals surface area (Å²) in [6.07, 6.45) is -4.67. The molecule has 0 saturated heterocycles. The molecular weight excluding hydrogens is 261 g/mol. The van der Waals surface area contributed by atoms with E-state index < -0.39 is 39.9 Å². The summed E-state index contributed by atoms with van der Waals surface area (Å²) in [5.74, 6) is -2.78. The number of carbonyl (C=O) groups is 1. The molecule has 0 aliphatic heterocycles. The molecule has 0 atom stereocenters. The Kier molecular flexibility index (Phi) is 3.39. The molecule has 0 aliphatic carbocycles. The molecule has 1 N–H and O–H groups in total. The van der Waals surface area contributed by atoms with Crippen LogP contribution in [0, 0.1) is 17.0 Å². The van der Waals surface area contributed by atoms with Crippen LogP contribution in [0.1, 0.15) is 15.9 Å². The molecule has 1 aromatic heterocycles. The molecule has 0 aliphatic rings. The lowest BCUT2D eigenvalue weighted by molar-refractivity contribution is -0.385. The number of carboxylic acids is 1. The van der Waals surface area contributed by atoms with E-state index in [0.717, 1.165) is 6.92 Å². The molecule has 0 fully saturated rings. The summed E-state index contributed by atoms with van der Waals surface area (Å²) in [4.78, 5) is 23.3. The Morgan fingerprint density at radius 3 is 2.50 bits per heavy atom. The quantitative estimate of drug-likeness (QED) is 0.662. The predicted molar refractivity (Wildman–Crippen MR) is 49.3 cm³/mol. The Bertz CT molecular complexity index is 514. The average molecular weight is 266 g/mol. The number of ether oxygens (including phenoxy) is 1. The number of rotatable bonds is 3. The predicted octanol–water partition coefficient (Wildman–Crippen LogP) is 1.90. The van der Waals surface area contributed by atoms with Crippen LogP contribution in [0.2, 0.25) is 0 Å². The van der Waals surface area contributed by atoms with Crippen molar-refractivity contribution in [2.24, 2.45) is 0 Å². The number of carboxylic acid groups (broad SMARTS) is 1. The van der Waals surface area contributed by atoms with Gasteiger partial charge in [0.2, 0.25) is 5.88 Å². The zero-order valence-electron chi connectivity index (χ0n) is 8.69. The standard InChI is InChI=1S/C8H5F3N2O5/c1-3-5(7(14)15)4(13(16)17)2-12-6(3)18-8(9,10)11/h2H,1H3,(H,14,15). The Morgan fingerprint density at radius 2 is 2.11 bits per heavy atom. The molecule has 1 rings (SSSR count). The number of aromatic carboxylic acids is 1. The molecule has 98 valence electrons. The lowest BCUT2D eigenvalue weighted by Crippen LogP contribution is -2.20. The third-order valence-corrected chi connectivity index (χ3v) is 1.88. The highest BCUT2D eigenvalue weighted by molar-refractivity contribution is 5.94. The molecule has 1 aromatic rings. The molecule has 7 nitrogen and oxygen atoms in total. The van der Waals surface area contributed by atoms with E-state index in [1.54, 1.807) is 0 Å². The number of nitro groups is 1. The van der Waals surface area contributed by atoms with Crippen LogP contribution in [0.4, 0.5) is 18.9 Å². The van der Waals surface area contributed by atoms with Crippen molar-refractivity contribution in [2.75, 3.05) is 0 Å². The minimum atomic E-state index is -5.07. The number of hydrogen-bond donors (Lipinski definition) is 1. The van der Waals surface area contributed by atoms with E-state index in [2.05, 4.69) is 9.72 Å². The molecule has 0 radical (unpaired) electrons. The van der Waals surface area contributed by atoms with Crippen LogP contribution in [0.25, 0.3) is 0 Å². The maximum absolute atomic E-state index is 12.0. The van der Waals surface area contributed by atoms with Gasteiger partial charge in [-0.3, -0.25) is 10.1 Å². The van der Waals surface area contributed by atoms with Crippen molar-refractivity contribution < 1.29 is 32.7 Å². The van der Waals surface area contributed by atoms with Crippen LogP contribution >= 0.6 is 0 Å². The summed E-state index contributed by atoms with van der Waals surface area (Å²) in [5.41, 5.74) is -2.38. The molecule has 0 saturated carbocycles. The molecule has 1 heterocycles. The fraction of sp³-hybridized carbons (Fsp3) is 0.250. The second-order valence-electron chi connectivity index (χ2n) is 3.06. The number of nitrogens with zero attached hydrogens (tertiary/aromatic N) is 2. The minimum Gasteiger partial charge on any atom is -0.477 e. The van der Waals surface area contributed by atoms with Gasteiger partial charge in [-0.2, -0.15) is 0 Å². The van der Waals surface area contributed by atoms with E-state index in [0.29, 0.717) is 6.20 Å². The molecule has 10 heteroatoms. The van der Waals surface area contributed by atoms with Gasteiger partial charge in [-0.25, -0.2) is 9.78 Å². The first kappa shape index (κ1) is 13.7. The van der Waals surface area contributed by atoms with Crippen LogP contribution < -0.4 is 4.74 Å². The number of alkyl halides is 3. The van der Waals surface area contributed by atoms with Crippen LogP contribution in [0.5, 0.6) is 5.88 Å². The van der Waals surface area contributed by atoms with Crippen LogP contribution in [0.3, 0.4) is 0 Å². The van der Waals surface area contributed by atoms with Gasteiger partial charge >= 0.3 is 18.0 Å². The Morgan fingerprint density at radius 1 is 1.56 bits per heavy atom. The van der Waals surface area contributed by atoms with E-state index in [-0.39, 0.29) is 0 Å². The van der Waals surface area contributed by atoms with Gasteiger partial charge in [-0.05, 0) is 6.92 Å². The third kappa shape index (κ3) is 2.84. The van der Waals surface area contributed by atoms with Crippen molar-refractivity contribution in [1.29, 1.82) is 0 Å². The van der Waals surface area contributed by atoms with Gasteiger partial charge in [0.05, 0.1) is 4.92 Å². The van der Waals surface area contributed by atoms with E-state index in [4.69, 9.17) is 5.11 Å². The number of halogens is 3. The van der Waals surface area contributed by atoms with Crippen molar-refractivity contribution in [3.05, 3.63) is 27.4 Å². The average Bonchev–Trinajstić information content (AvgIpc) is 2.17. The Labute approximate surface area is 97.0 Å². The second-order valence-corrected chi connectivity index (χ2v) is 3.06. The lowest BCUT2D eigenvalue weighted by Gasteiger charge is -2.11. The molecule has 0 aromatic carbocycles. The van der Waals surface area contributed by atoms with Crippen LogP contribution in [-0.4, -0.2) is 27.3 Å². The highest BCUT2D eigenvalue weighted by atomic mass is 19.4. The van der Waals surface area contributed by atoms with Crippen molar-refractivity contribution in [1.82, 2.24) is 4.98 Å². The SMILES string of the molecule is Cc1c(OC(F)(F)F)ncc([N+](=O)[O-])c1C(=O)O. The first-order valence-electron chi connectivity index (χ1n) is 4.26. The summed E-state index contributed by atoms with van der Waals surface area (Å²) in [6.45, 7) is 0.935. The normalized spacial score (nSPS) is 11.1. The minimum absolute atomic E-state index is 0.400. The van der Waals surface area contributed by atoms with Gasteiger partial charge < -0.3 is 9.84 Å². The topological polar surface area (TPSA) is 103 Å². The summed E-state index contributed by atoms with van der Waals surface area (Å²) < 4.78 is 39.4. The second kappa shape index (κ2) is 4.47. The van der Waals surface area contributed by atoms with Gasteiger partial charge in [0.1, 0.15) is 11.8 Å². The maximum Gasteiger partial charge on any atom is 0.574 e. The van der Waals surface area contributed by atoms with Crippen LogP contribution in [-0.2, 0) is 0 Å². The lowest BCUT2D eigenvalue weighted by atomic mass is 10.1. The fourth-order valence-corrected chi connectivity index (χ4v) is 1.20. The number of pyridine rings is 1. The molecule has 0 bridgehead atoms. The third-order valence-electron chi connectivity index (χ3n) is 1.88. The van der Waals surface area contributed by atoms with Crippen molar-refractivity contribution >= 4 is 11.7 Å². The van der Waals surface area contributed by atoms with Crippen molar-refractivity contribution in [3.63, 3.8) is 0 Å². The van der Waals surface area contributed by atoms with Gasteiger partial charge in [-0.15, -0.1) is 13.2 Å². The molecule has 18 heavy (non-hydrogen) atoms. The zero-order valence-corrected chi connectivity index (χ0v) is 8.69. The maximum atomic E-state index is 12.0.